The van der Waals surface area contributed by atoms with Crippen LogP contribution in [-0.2, 0) is 4.74 Å². The van der Waals surface area contributed by atoms with E-state index in [1.165, 1.54) is 0 Å². The average molecular weight is 292 g/mol. The van der Waals surface area contributed by atoms with Gasteiger partial charge in [-0.05, 0) is 30.5 Å². The van der Waals surface area contributed by atoms with Crippen molar-refractivity contribution in [2.24, 2.45) is 10.9 Å². The van der Waals surface area contributed by atoms with E-state index in [2.05, 4.69) is 24.2 Å². The molecule has 0 atom stereocenters. The van der Waals surface area contributed by atoms with E-state index in [1.807, 2.05) is 6.92 Å². The van der Waals surface area contributed by atoms with Gasteiger partial charge in [0.2, 0.25) is 0 Å². The third kappa shape index (κ3) is 6.29. The number of rotatable bonds is 6. The van der Waals surface area contributed by atoms with Gasteiger partial charge in [-0.2, -0.15) is 0 Å². The molecule has 1 amide bonds. The Morgan fingerprint density at radius 2 is 2.14 bits per heavy atom. The highest BCUT2D eigenvalue weighted by molar-refractivity contribution is 6.04. The van der Waals surface area contributed by atoms with Crippen molar-refractivity contribution in [2.75, 3.05) is 20.3 Å². The SMILES string of the molecule is CCCOC(=NCC(C)C)NC(=O)c1cccc(OC)c1. The summed E-state index contributed by atoms with van der Waals surface area (Å²) in [6, 6.07) is 7.23. The number of hydrogen-bond donors (Lipinski definition) is 1. The molecule has 0 radical (unpaired) electrons. The number of amidine groups is 1. The molecule has 0 aliphatic rings. The smallest absolute Gasteiger partial charge is 0.291 e. The molecule has 0 aromatic heterocycles. The lowest BCUT2D eigenvalue weighted by Crippen LogP contribution is -2.33. The molecule has 0 aliphatic carbocycles. The van der Waals surface area contributed by atoms with E-state index < -0.39 is 0 Å². The van der Waals surface area contributed by atoms with Gasteiger partial charge in [0.1, 0.15) is 5.75 Å². The van der Waals surface area contributed by atoms with Crippen LogP contribution in [0.5, 0.6) is 5.75 Å². The average Bonchev–Trinajstić information content (AvgIpc) is 2.49. The fourth-order valence-electron chi connectivity index (χ4n) is 1.52. The van der Waals surface area contributed by atoms with Crippen LogP contribution in [0.2, 0.25) is 0 Å². The van der Waals surface area contributed by atoms with Gasteiger partial charge in [0.15, 0.2) is 0 Å². The molecule has 0 bridgehead atoms. The van der Waals surface area contributed by atoms with Crippen molar-refractivity contribution < 1.29 is 14.3 Å². The molecular weight excluding hydrogens is 268 g/mol. The predicted octanol–water partition coefficient (Wildman–Crippen LogP) is 2.86. The maximum Gasteiger partial charge on any atom is 0.291 e. The Labute approximate surface area is 126 Å². The van der Waals surface area contributed by atoms with Gasteiger partial charge in [0, 0.05) is 12.1 Å². The Hall–Kier alpha value is -2.04. The van der Waals surface area contributed by atoms with Crippen LogP contribution in [0.25, 0.3) is 0 Å². The molecule has 5 heteroatoms. The van der Waals surface area contributed by atoms with Crippen molar-refractivity contribution >= 4 is 11.9 Å². The molecule has 21 heavy (non-hydrogen) atoms. The van der Waals surface area contributed by atoms with Crippen molar-refractivity contribution in [3.63, 3.8) is 0 Å². The Morgan fingerprint density at radius 1 is 1.38 bits per heavy atom. The lowest BCUT2D eigenvalue weighted by Gasteiger charge is -2.11. The number of amides is 1. The van der Waals surface area contributed by atoms with E-state index in [4.69, 9.17) is 9.47 Å². The summed E-state index contributed by atoms with van der Waals surface area (Å²) in [5.74, 6) is 0.782. The summed E-state index contributed by atoms with van der Waals surface area (Å²) in [5, 5.41) is 2.71. The molecule has 0 saturated carbocycles. The molecule has 0 aliphatic heterocycles. The van der Waals surface area contributed by atoms with Crippen LogP contribution in [0.3, 0.4) is 0 Å². The number of benzene rings is 1. The first kappa shape index (κ1) is 17.0. The number of ether oxygens (including phenoxy) is 2. The number of nitrogens with zero attached hydrogens (tertiary/aromatic N) is 1. The minimum Gasteiger partial charge on any atom is -0.497 e. The number of aliphatic imine (C=N–C) groups is 1. The molecular formula is C16H24N2O3. The van der Waals surface area contributed by atoms with Crippen molar-refractivity contribution in [3.8, 4) is 5.75 Å². The summed E-state index contributed by atoms with van der Waals surface area (Å²) in [6.45, 7) is 7.26. The first-order valence-corrected chi connectivity index (χ1v) is 7.19. The fraction of sp³-hybridized carbons (Fsp3) is 0.500. The molecule has 1 rings (SSSR count). The van der Waals surface area contributed by atoms with E-state index in [0.717, 1.165) is 6.42 Å². The van der Waals surface area contributed by atoms with Gasteiger partial charge in [-0.15, -0.1) is 0 Å². The molecule has 5 nitrogen and oxygen atoms in total. The van der Waals surface area contributed by atoms with E-state index in [9.17, 15) is 4.79 Å². The number of hydrogen-bond acceptors (Lipinski definition) is 4. The van der Waals surface area contributed by atoms with Gasteiger partial charge in [-0.1, -0.05) is 26.8 Å². The molecule has 0 fully saturated rings. The topological polar surface area (TPSA) is 59.9 Å². The van der Waals surface area contributed by atoms with E-state index in [1.54, 1.807) is 31.4 Å². The standard InChI is InChI=1S/C16H24N2O3/c1-5-9-21-16(17-11-12(2)3)18-15(19)13-7-6-8-14(10-13)20-4/h6-8,10,12H,5,9,11H2,1-4H3,(H,17,18,19). The molecule has 1 N–H and O–H groups in total. The van der Waals surface area contributed by atoms with Gasteiger partial charge in [-0.25, -0.2) is 4.99 Å². The minimum absolute atomic E-state index is 0.257. The predicted molar refractivity (Wildman–Crippen MR) is 83.8 cm³/mol. The van der Waals surface area contributed by atoms with Gasteiger partial charge < -0.3 is 9.47 Å². The Balaban J connectivity index is 2.76. The summed E-state index contributed by atoms with van der Waals surface area (Å²) < 4.78 is 10.6. The monoisotopic (exact) mass is 292 g/mol. The molecule has 0 unspecified atom stereocenters. The zero-order chi connectivity index (χ0) is 15.7. The second kappa shape index (κ2) is 9.00. The van der Waals surface area contributed by atoms with Crippen molar-refractivity contribution in [2.45, 2.75) is 27.2 Å². The number of methoxy groups -OCH3 is 1. The zero-order valence-corrected chi connectivity index (χ0v) is 13.2. The first-order chi connectivity index (χ1) is 10.1. The Morgan fingerprint density at radius 3 is 2.76 bits per heavy atom. The normalized spacial score (nSPS) is 11.4. The zero-order valence-electron chi connectivity index (χ0n) is 13.2. The highest BCUT2D eigenvalue weighted by Crippen LogP contribution is 2.12. The molecule has 1 aromatic carbocycles. The third-order valence-corrected chi connectivity index (χ3v) is 2.60. The van der Waals surface area contributed by atoms with Crippen LogP contribution in [0.4, 0.5) is 0 Å². The Bertz CT molecular complexity index is 484. The van der Waals surface area contributed by atoms with Crippen molar-refractivity contribution in [1.82, 2.24) is 5.32 Å². The van der Waals surface area contributed by atoms with Crippen LogP contribution in [-0.4, -0.2) is 32.2 Å². The molecule has 1 aromatic rings. The Kier molecular flexibility index (Phi) is 7.29. The molecule has 0 saturated heterocycles. The largest absolute Gasteiger partial charge is 0.497 e. The maximum atomic E-state index is 12.2. The molecule has 116 valence electrons. The summed E-state index contributed by atoms with van der Waals surface area (Å²) in [6.07, 6.45) is 0.857. The minimum atomic E-state index is -0.257. The van der Waals surface area contributed by atoms with Crippen LogP contribution < -0.4 is 10.1 Å². The van der Waals surface area contributed by atoms with E-state index >= 15 is 0 Å². The highest BCUT2D eigenvalue weighted by Gasteiger charge is 2.11. The number of nitrogens with one attached hydrogen (secondary N) is 1. The van der Waals surface area contributed by atoms with Crippen LogP contribution in [0.15, 0.2) is 29.3 Å². The lowest BCUT2D eigenvalue weighted by atomic mass is 10.2. The first-order valence-electron chi connectivity index (χ1n) is 7.19. The van der Waals surface area contributed by atoms with Gasteiger partial charge >= 0.3 is 0 Å². The van der Waals surface area contributed by atoms with Gasteiger partial charge in [-0.3, -0.25) is 10.1 Å². The van der Waals surface area contributed by atoms with Crippen LogP contribution >= 0.6 is 0 Å². The summed E-state index contributed by atoms with van der Waals surface area (Å²) >= 11 is 0. The third-order valence-electron chi connectivity index (χ3n) is 2.60. The maximum absolute atomic E-state index is 12.2. The lowest BCUT2D eigenvalue weighted by molar-refractivity contribution is 0.0965. The summed E-state index contributed by atoms with van der Waals surface area (Å²) in [5.41, 5.74) is 0.506. The second-order valence-corrected chi connectivity index (χ2v) is 5.07. The fourth-order valence-corrected chi connectivity index (χ4v) is 1.52. The van der Waals surface area contributed by atoms with Crippen molar-refractivity contribution in [3.05, 3.63) is 29.8 Å². The van der Waals surface area contributed by atoms with E-state index in [0.29, 0.717) is 30.4 Å². The van der Waals surface area contributed by atoms with Crippen LogP contribution in [0.1, 0.15) is 37.6 Å². The molecule has 0 spiro atoms. The second-order valence-electron chi connectivity index (χ2n) is 5.07. The van der Waals surface area contributed by atoms with Crippen LogP contribution in [0, 0.1) is 5.92 Å². The van der Waals surface area contributed by atoms with Gasteiger partial charge in [0.05, 0.1) is 13.7 Å². The summed E-state index contributed by atoms with van der Waals surface area (Å²) in [7, 11) is 1.57. The number of carbonyl (C=O) groups excluding carboxylic acids is 1. The summed E-state index contributed by atoms with van der Waals surface area (Å²) in [4.78, 5) is 16.5. The van der Waals surface area contributed by atoms with Crippen molar-refractivity contribution in [1.29, 1.82) is 0 Å². The number of carbonyl (C=O) groups is 1. The highest BCUT2D eigenvalue weighted by atomic mass is 16.5. The quantitative estimate of drug-likeness (QED) is 0.648. The van der Waals surface area contributed by atoms with E-state index in [-0.39, 0.29) is 11.9 Å². The van der Waals surface area contributed by atoms with Gasteiger partial charge in [0.25, 0.3) is 11.9 Å². The molecule has 0 heterocycles.